The Labute approximate surface area is 91.6 Å². The molecule has 0 aliphatic carbocycles. The summed E-state index contributed by atoms with van der Waals surface area (Å²) in [6, 6.07) is 0. The van der Waals surface area contributed by atoms with Crippen LogP contribution in [0.3, 0.4) is 0 Å². The van der Waals surface area contributed by atoms with Gasteiger partial charge in [-0.1, -0.05) is 0 Å². The average Bonchev–Trinajstić information content (AvgIpc) is 2.06. The molecule has 0 aromatic heterocycles. The first-order valence-electron chi connectivity index (χ1n) is 2.74. The van der Waals surface area contributed by atoms with Crippen LogP contribution in [0.25, 0.3) is 0 Å². The standard InChI is InChI=1S/C5H5N3O2.2W/c1-3(6)4(7)5(8)10-2-9;;/h2,8H,1H3;;. The number of allylic oxidation sites excluding steroid dienone is 1. The normalized spacial score (nSPS) is 11.1. The van der Waals surface area contributed by atoms with Crippen LogP contribution in [-0.2, 0) is 48.8 Å². The number of carbonyl (C=O) groups excluding carboxylic acids is 1. The van der Waals surface area contributed by atoms with Crippen molar-refractivity contribution in [3.8, 4) is 0 Å². The summed E-state index contributed by atoms with van der Waals surface area (Å²) in [6.07, 6.45) is 0. The van der Waals surface area contributed by atoms with Crippen LogP contribution in [0.4, 0.5) is 0 Å². The Hall–Kier alpha value is -0.143. The van der Waals surface area contributed by atoms with Crippen LogP contribution in [0.5, 0.6) is 0 Å². The molecule has 0 aromatic carbocycles. The Morgan fingerprint density at radius 1 is 1.50 bits per heavy atom. The van der Waals surface area contributed by atoms with Crippen molar-refractivity contribution in [3.05, 3.63) is 11.4 Å². The van der Waals surface area contributed by atoms with E-state index >= 15 is 0 Å². The van der Waals surface area contributed by atoms with E-state index < -0.39 is 0 Å². The molecule has 12 heavy (non-hydrogen) atoms. The SMILES string of the molecule is CC([N]=[W])=C([N]=[W])C(=N)OC=O. The van der Waals surface area contributed by atoms with E-state index in [4.69, 9.17) is 5.41 Å². The second kappa shape index (κ2) is 6.38. The number of hydrogen-bond donors (Lipinski definition) is 1. The van der Waals surface area contributed by atoms with Gasteiger partial charge in [0.2, 0.25) is 0 Å². The first-order chi connectivity index (χ1) is 5.67. The minimum atomic E-state index is -0.248. The molecule has 0 amide bonds. The van der Waals surface area contributed by atoms with Crippen molar-refractivity contribution in [1.82, 2.24) is 0 Å². The van der Waals surface area contributed by atoms with Gasteiger partial charge in [0.05, 0.1) is 0 Å². The third kappa shape index (κ3) is 3.50. The second-order valence-electron chi connectivity index (χ2n) is 1.66. The molecular weight excluding hydrogens is 502 g/mol. The zero-order valence-electron chi connectivity index (χ0n) is 6.10. The Kier molecular flexibility index (Phi) is 6.30. The molecule has 0 saturated carbocycles. The predicted octanol–water partition coefficient (Wildman–Crippen LogP) is 0.829. The van der Waals surface area contributed by atoms with Crippen molar-refractivity contribution in [1.29, 1.82) is 5.41 Å². The van der Waals surface area contributed by atoms with Crippen molar-refractivity contribution < 1.29 is 48.8 Å². The summed E-state index contributed by atoms with van der Waals surface area (Å²) >= 11 is 1.97. The fourth-order valence-corrected chi connectivity index (χ4v) is 1.50. The van der Waals surface area contributed by atoms with E-state index in [-0.39, 0.29) is 12.4 Å². The molecule has 0 aliphatic heterocycles. The van der Waals surface area contributed by atoms with E-state index in [2.05, 4.69) is 11.7 Å². The predicted molar refractivity (Wildman–Crippen MR) is 32.4 cm³/mol. The second-order valence-corrected chi connectivity index (χ2v) is 2.97. The topological polar surface area (TPSA) is 74.9 Å². The van der Waals surface area contributed by atoms with Crippen molar-refractivity contribution in [2.75, 3.05) is 0 Å². The summed E-state index contributed by atoms with van der Waals surface area (Å²) in [5, 5.41) is 7.24. The minimum absolute atomic E-state index is 0.207. The van der Waals surface area contributed by atoms with Crippen LogP contribution < -0.4 is 0 Å². The maximum atomic E-state index is 9.90. The van der Waals surface area contributed by atoms with Gasteiger partial charge in [-0.15, -0.1) is 0 Å². The molecule has 0 unspecified atom stereocenters. The Morgan fingerprint density at radius 3 is 2.42 bits per heavy atom. The molecule has 0 aromatic rings. The summed E-state index contributed by atoms with van der Waals surface area (Å²) in [6.45, 7) is 1.93. The molecule has 5 nitrogen and oxygen atoms in total. The molecular formula is C5H5N3O2W2. The van der Waals surface area contributed by atoms with E-state index in [1.807, 2.05) is 0 Å². The van der Waals surface area contributed by atoms with Crippen molar-refractivity contribution in [3.63, 3.8) is 0 Å². The Bertz CT molecular complexity index is 261. The van der Waals surface area contributed by atoms with Crippen LogP contribution in [-0.4, -0.2) is 12.4 Å². The molecule has 1 N–H and O–H groups in total. The van der Waals surface area contributed by atoms with E-state index in [0.29, 0.717) is 11.4 Å². The molecule has 64 valence electrons. The van der Waals surface area contributed by atoms with Gasteiger partial charge in [-0.05, 0) is 0 Å². The van der Waals surface area contributed by atoms with Crippen molar-refractivity contribution >= 4 is 12.4 Å². The number of hydrogen-bond acceptors (Lipinski definition) is 5. The molecule has 0 atom stereocenters. The molecule has 7 heteroatoms. The Morgan fingerprint density at radius 2 is 2.08 bits per heavy atom. The van der Waals surface area contributed by atoms with Crippen LogP contribution in [0.2, 0.25) is 0 Å². The third-order valence-electron chi connectivity index (χ3n) is 0.952. The number of rotatable bonds is 4. The fraction of sp³-hybridized carbons (Fsp3) is 0.200. The maximum absolute atomic E-state index is 9.90. The molecule has 0 spiro atoms. The van der Waals surface area contributed by atoms with E-state index in [1.165, 1.54) is 0 Å². The van der Waals surface area contributed by atoms with Crippen LogP contribution in [0.1, 0.15) is 6.92 Å². The fourth-order valence-electron chi connectivity index (χ4n) is 0.419. The number of nitrogens with one attached hydrogen (secondary N) is 1. The molecule has 0 radical (unpaired) electrons. The zero-order valence-corrected chi connectivity index (χ0v) is 12.0. The van der Waals surface area contributed by atoms with Crippen LogP contribution in [0, 0.1) is 5.41 Å². The van der Waals surface area contributed by atoms with Gasteiger partial charge in [-0.3, -0.25) is 0 Å². The third-order valence-corrected chi connectivity index (χ3v) is 2.59. The van der Waals surface area contributed by atoms with Gasteiger partial charge >= 0.3 is 91.9 Å². The molecule has 0 heterocycles. The van der Waals surface area contributed by atoms with Crippen molar-refractivity contribution in [2.45, 2.75) is 6.92 Å². The average molecular weight is 507 g/mol. The molecule has 0 bridgehead atoms. The number of nitrogens with zero attached hydrogens (tertiary/aromatic N) is 2. The number of ether oxygens (including phenoxy) is 1. The van der Waals surface area contributed by atoms with Gasteiger partial charge < -0.3 is 0 Å². The van der Waals surface area contributed by atoms with Gasteiger partial charge in [-0.2, -0.15) is 0 Å². The Balaban J connectivity index is 4.77. The van der Waals surface area contributed by atoms with Crippen molar-refractivity contribution in [2.24, 2.45) is 6.99 Å². The first kappa shape index (κ1) is 11.9. The van der Waals surface area contributed by atoms with Gasteiger partial charge in [0.25, 0.3) is 0 Å². The van der Waals surface area contributed by atoms with Gasteiger partial charge in [0.1, 0.15) is 0 Å². The van der Waals surface area contributed by atoms with Crippen LogP contribution >= 0.6 is 0 Å². The van der Waals surface area contributed by atoms with E-state index in [1.54, 1.807) is 6.92 Å². The summed E-state index contributed by atoms with van der Waals surface area (Å²) in [5.41, 5.74) is 0.957. The molecule has 0 saturated heterocycles. The number of carbonyl (C=O) groups is 1. The van der Waals surface area contributed by atoms with Gasteiger partial charge in [0.15, 0.2) is 0 Å². The van der Waals surface area contributed by atoms with Gasteiger partial charge in [0, 0.05) is 0 Å². The summed E-state index contributed by atoms with van der Waals surface area (Å²) < 4.78 is 12.1. The van der Waals surface area contributed by atoms with Crippen LogP contribution in [0.15, 0.2) is 18.4 Å². The molecule has 0 fully saturated rings. The van der Waals surface area contributed by atoms with E-state index in [0.717, 1.165) is 39.3 Å². The summed E-state index contributed by atoms with van der Waals surface area (Å²) in [7, 11) is 0. The molecule has 0 rings (SSSR count). The first-order valence-corrected chi connectivity index (χ1v) is 5.36. The zero-order chi connectivity index (χ0) is 9.56. The summed E-state index contributed by atoms with van der Waals surface area (Å²) in [4.78, 5) is 9.90. The monoisotopic (exact) mass is 507 g/mol. The van der Waals surface area contributed by atoms with Gasteiger partial charge in [-0.25, -0.2) is 0 Å². The molecule has 0 aliphatic rings. The van der Waals surface area contributed by atoms with E-state index in [9.17, 15) is 4.79 Å². The summed E-state index contributed by atoms with van der Waals surface area (Å²) in [5.74, 6) is -0.248. The quantitative estimate of drug-likeness (QED) is 0.348.